The van der Waals surface area contributed by atoms with Crippen LogP contribution in [0.2, 0.25) is 0 Å². The van der Waals surface area contributed by atoms with Gasteiger partial charge in [-0.1, -0.05) is 131 Å². The highest BCUT2D eigenvalue weighted by Crippen LogP contribution is 2.53. The van der Waals surface area contributed by atoms with E-state index < -0.39 is 0 Å². The number of fused-ring (bicyclic) bond motifs is 9. The third-order valence-electron chi connectivity index (χ3n) is 11.5. The zero-order valence-corrected chi connectivity index (χ0v) is 29.6. The minimum atomic E-state index is -0.0416. The summed E-state index contributed by atoms with van der Waals surface area (Å²) >= 11 is 1.88. The summed E-state index contributed by atoms with van der Waals surface area (Å²) in [6, 6.07) is 56.8. The third kappa shape index (κ3) is 4.12. The molecular weight excluding hydrogens is 623 g/mol. The fourth-order valence-electron chi connectivity index (χ4n) is 8.97. The monoisotopic (exact) mass is 659 g/mol. The Morgan fingerprint density at radius 1 is 0.400 bits per heavy atom. The molecule has 50 heavy (non-hydrogen) atoms. The molecule has 1 nitrogen and oxygen atoms in total. The molecule has 0 aliphatic heterocycles. The van der Waals surface area contributed by atoms with Crippen molar-refractivity contribution >= 4 is 48.6 Å². The number of nitrogens with zero attached hydrogens (tertiary/aromatic N) is 1. The van der Waals surface area contributed by atoms with Gasteiger partial charge in [-0.15, -0.1) is 11.3 Å². The zero-order valence-electron chi connectivity index (χ0n) is 28.8. The Kier molecular flexibility index (Phi) is 6.21. The van der Waals surface area contributed by atoms with E-state index in [9.17, 15) is 0 Å². The average Bonchev–Trinajstić information content (AvgIpc) is 3.72. The number of benzene rings is 7. The van der Waals surface area contributed by atoms with Gasteiger partial charge >= 0.3 is 0 Å². The minimum Gasteiger partial charge on any atom is -0.310 e. The molecule has 0 saturated carbocycles. The standard InChI is InChI=1S/C48H37NS/c1-47(2)40-19-8-5-15-35(40)38-28-32(23-25-42(38)47)49(33-24-26-43-39(29-33)36-16-6-9-20-41(36)48(43,3)4)31-14-11-13-30(27-31)34-18-12-22-45-46(34)37-17-7-10-21-44(37)50-45/h5-29H,1-4H3. The van der Waals surface area contributed by atoms with Gasteiger partial charge in [0, 0.05) is 48.1 Å². The molecule has 0 N–H and O–H groups in total. The van der Waals surface area contributed by atoms with E-state index in [0.29, 0.717) is 0 Å². The van der Waals surface area contributed by atoms with E-state index >= 15 is 0 Å². The number of hydrogen-bond donors (Lipinski definition) is 0. The number of rotatable bonds is 4. The fourth-order valence-corrected chi connectivity index (χ4v) is 10.1. The molecule has 240 valence electrons. The van der Waals surface area contributed by atoms with Crippen LogP contribution < -0.4 is 4.90 Å². The largest absolute Gasteiger partial charge is 0.310 e. The van der Waals surface area contributed by atoms with Crippen LogP contribution >= 0.6 is 11.3 Å². The first-order valence-electron chi connectivity index (χ1n) is 17.6. The molecule has 2 heteroatoms. The summed E-state index contributed by atoms with van der Waals surface area (Å²) in [6.45, 7) is 9.42. The highest BCUT2D eigenvalue weighted by Gasteiger charge is 2.37. The fraction of sp³-hybridized carbons (Fsp3) is 0.125. The average molecular weight is 660 g/mol. The molecule has 8 aromatic rings. The Hall–Kier alpha value is -5.44. The summed E-state index contributed by atoms with van der Waals surface area (Å²) in [7, 11) is 0. The van der Waals surface area contributed by atoms with E-state index in [1.807, 2.05) is 11.3 Å². The molecule has 0 fully saturated rings. The molecule has 0 saturated heterocycles. The zero-order chi connectivity index (χ0) is 33.8. The van der Waals surface area contributed by atoms with Crippen LogP contribution in [0.3, 0.4) is 0 Å². The lowest BCUT2D eigenvalue weighted by Crippen LogP contribution is -2.16. The highest BCUT2D eigenvalue weighted by molar-refractivity contribution is 7.25. The number of anilines is 3. The summed E-state index contributed by atoms with van der Waals surface area (Å²) in [5.74, 6) is 0. The molecule has 0 bridgehead atoms. The predicted molar refractivity (Wildman–Crippen MR) is 215 cm³/mol. The first-order valence-corrected chi connectivity index (χ1v) is 18.4. The maximum Gasteiger partial charge on any atom is 0.0468 e. The Bertz CT molecular complexity index is 2560. The molecule has 0 amide bonds. The first-order chi connectivity index (χ1) is 24.3. The van der Waals surface area contributed by atoms with Gasteiger partial charge in [0.15, 0.2) is 0 Å². The van der Waals surface area contributed by atoms with Crippen molar-refractivity contribution in [3.63, 3.8) is 0 Å². The highest BCUT2D eigenvalue weighted by atomic mass is 32.1. The Balaban J connectivity index is 1.20. The quantitative estimate of drug-likeness (QED) is 0.182. The Labute approximate surface area is 298 Å². The van der Waals surface area contributed by atoms with Crippen molar-refractivity contribution in [3.05, 3.63) is 174 Å². The van der Waals surface area contributed by atoms with Gasteiger partial charge in [-0.05, 0) is 104 Å². The third-order valence-corrected chi connectivity index (χ3v) is 12.6. The minimum absolute atomic E-state index is 0.0416. The van der Waals surface area contributed by atoms with Gasteiger partial charge in [0.2, 0.25) is 0 Å². The van der Waals surface area contributed by atoms with Crippen molar-refractivity contribution in [1.29, 1.82) is 0 Å². The molecule has 1 heterocycles. The molecule has 0 unspecified atom stereocenters. The SMILES string of the molecule is CC1(C)c2ccccc2-c2cc(N(c3cccc(-c4cccc5sc6ccccc6c45)c3)c3ccc4c(c3)-c3ccccc3C4(C)C)ccc21. The van der Waals surface area contributed by atoms with Crippen molar-refractivity contribution in [2.45, 2.75) is 38.5 Å². The van der Waals surface area contributed by atoms with E-state index in [1.165, 1.54) is 75.8 Å². The molecule has 2 aliphatic rings. The molecule has 10 rings (SSSR count). The van der Waals surface area contributed by atoms with Crippen LogP contribution in [-0.2, 0) is 10.8 Å². The van der Waals surface area contributed by atoms with Gasteiger partial charge < -0.3 is 4.90 Å². The molecule has 0 radical (unpaired) electrons. The molecule has 0 atom stereocenters. The number of hydrogen-bond acceptors (Lipinski definition) is 2. The second kappa shape index (κ2) is 10.5. The second-order valence-electron chi connectivity index (χ2n) is 15.0. The lowest BCUT2D eigenvalue weighted by molar-refractivity contribution is 0.660. The smallest absolute Gasteiger partial charge is 0.0468 e. The second-order valence-corrected chi connectivity index (χ2v) is 16.0. The predicted octanol–water partition coefficient (Wildman–Crippen LogP) is 13.8. The van der Waals surface area contributed by atoms with Gasteiger partial charge in [-0.3, -0.25) is 0 Å². The summed E-state index contributed by atoms with van der Waals surface area (Å²) < 4.78 is 2.65. The van der Waals surface area contributed by atoms with Crippen molar-refractivity contribution in [2.24, 2.45) is 0 Å². The maximum absolute atomic E-state index is 2.47. The summed E-state index contributed by atoms with van der Waals surface area (Å²) in [4.78, 5) is 2.47. The van der Waals surface area contributed by atoms with E-state index in [2.05, 4.69) is 184 Å². The molecule has 2 aliphatic carbocycles. The van der Waals surface area contributed by atoms with E-state index in [4.69, 9.17) is 0 Å². The summed E-state index contributed by atoms with van der Waals surface area (Å²) in [6.07, 6.45) is 0. The normalized spacial score (nSPS) is 14.7. The van der Waals surface area contributed by atoms with E-state index in [1.54, 1.807) is 0 Å². The molecule has 7 aromatic carbocycles. The van der Waals surface area contributed by atoms with Gasteiger partial charge in [-0.25, -0.2) is 0 Å². The van der Waals surface area contributed by atoms with Crippen LogP contribution in [0.1, 0.15) is 49.9 Å². The molecule has 1 aromatic heterocycles. The van der Waals surface area contributed by atoms with E-state index in [0.717, 1.165) is 17.1 Å². The Morgan fingerprint density at radius 2 is 0.900 bits per heavy atom. The van der Waals surface area contributed by atoms with Gasteiger partial charge in [-0.2, -0.15) is 0 Å². The number of thiophene rings is 1. The lowest BCUT2D eigenvalue weighted by Gasteiger charge is -2.28. The van der Waals surface area contributed by atoms with Crippen LogP contribution in [0.25, 0.3) is 53.6 Å². The van der Waals surface area contributed by atoms with Crippen LogP contribution in [0.15, 0.2) is 152 Å². The van der Waals surface area contributed by atoms with Gasteiger partial charge in [0.25, 0.3) is 0 Å². The summed E-state index contributed by atoms with van der Waals surface area (Å²) in [5.41, 5.74) is 16.8. The van der Waals surface area contributed by atoms with Crippen molar-refractivity contribution < 1.29 is 0 Å². The van der Waals surface area contributed by atoms with Crippen LogP contribution in [0.5, 0.6) is 0 Å². The van der Waals surface area contributed by atoms with Crippen LogP contribution in [0, 0.1) is 0 Å². The van der Waals surface area contributed by atoms with Crippen molar-refractivity contribution in [3.8, 4) is 33.4 Å². The maximum atomic E-state index is 2.47. The van der Waals surface area contributed by atoms with Crippen molar-refractivity contribution in [1.82, 2.24) is 0 Å². The van der Waals surface area contributed by atoms with Crippen LogP contribution in [-0.4, -0.2) is 0 Å². The van der Waals surface area contributed by atoms with Crippen LogP contribution in [0.4, 0.5) is 17.1 Å². The molecule has 0 spiro atoms. The van der Waals surface area contributed by atoms with Gasteiger partial charge in [0.1, 0.15) is 0 Å². The molecular formula is C48H37NS. The van der Waals surface area contributed by atoms with Gasteiger partial charge in [0.05, 0.1) is 0 Å². The van der Waals surface area contributed by atoms with Crippen molar-refractivity contribution in [2.75, 3.05) is 4.90 Å². The van der Waals surface area contributed by atoms with E-state index in [-0.39, 0.29) is 10.8 Å². The Morgan fingerprint density at radius 3 is 1.56 bits per heavy atom. The lowest BCUT2D eigenvalue weighted by atomic mass is 9.82. The first kappa shape index (κ1) is 29.5. The topological polar surface area (TPSA) is 3.24 Å². The summed E-state index contributed by atoms with van der Waals surface area (Å²) in [5, 5.41) is 2.66.